The van der Waals surface area contributed by atoms with Gasteiger partial charge in [-0.25, -0.2) is 4.98 Å². The van der Waals surface area contributed by atoms with Crippen molar-refractivity contribution in [1.29, 1.82) is 0 Å². The molecule has 7 heteroatoms. The summed E-state index contributed by atoms with van der Waals surface area (Å²) in [6.07, 6.45) is 4.19. The summed E-state index contributed by atoms with van der Waals surface area (Å²) in [4.78, 5) is 10.3. The van der Waals surface area contributed by atoms with E-state index in [9.17, 15) is 0 Å². The summed E-state index contributed by atoms with van der Waals surface area (Å²) in [5.74, 6) is 0.559. The largest absolute Gasteiger partial charge is 0.374 e. The van der Waals surface area contributed by atoms with Gasteiger partial charge >= 0.3 is 0 Å². The molecule has 3 heterocycles. The second-order valence-electron chi connectivity index (χ2n) is 4.67. The first kappa shape index (κ1) is 11.9. The second kappa shape index (κ2) is 4.60. The Morgan fingerprint density at radius 1 is 1.10 bits per heavy atom. The predicted molar refractivity (Wildman–Crippen MR) is 80.6 cm³/mol. The van der Waals surface area contributed by atoms with Crippen molar-refractivity contribution < 1.29 is 0 Å². The van der Waals surface area contributed by atoms with E-state index in [4.69, 9.17) is 10.7 Å². The van der Waals surface area contributed by atoms with Crippen molar-refractivity contribution in [2.45, 2.75) is 18.8 Å². The van der Waals surface area contributed by atoms with E-state index in [1.54, 1.807) is 17.5 Å². The summed E-state index contributed by atoms with van der Waals surface area (Å²) in [5.41, 5.74) is 7.73. The van der Waals surface area contributed by atoms with Gasteiger partial charge in [-0.3, -0.25) is 4.98 Å². The van der Waals surface area contributed by atoms with Gasteiger partial charge in [0.05, 0.1) is 16.3 Å². The van der Waals surface area contributed by atoms with E-state index in [-0.39, 0.29) is 0 Å². The third-order valence-electron chi connectivity index (χ3n) is 3.14. The fraction of sp³-hybridized carbons (Fsp3) is 0.231. The van der Waals surface area contributed by atoms with Crippen LogP contribution in [0.3, 0.4) is 0 Å². The molecule has 0 radical (unpaired) electrons. The molecule has 0 saturated heterocycles. The Hall–Kier alpha value is -1.86. The first-order valence-corrected chi connectivity index (χ1v) is 7.96. The van der Waals surface area contributed by atoms with Gasteiger partial charge in [0, 0.05) is 12.1 Å². The number of aromatic nitrogens is 4. The molecule has 0 atom stereocenters. The van der Waals surface area contributed by atoms with E-state index in [1.165, 1.54) is 24.2 Å². The zero-order valence-electron chi connectivity index (χ0n) is 10.5. The highest BCUT2D eigenvalue weighted by molar-refractivity contribution is 7.24. The summed E-state index contributed by atoms with van der Waals surface area (Å²) < 4.78 is 0. The molecule has 0 amide bonds. The number of thiazole rings is 1. The molecule has 3 aromatic rings. The number of pyridine rings is 1. The molecule has 4 rings (SSSR count). The van der Waals surface area contributed by atoms with Gasteiger partial charge in [0.15, 0.2) is 5.01 Å². The Kier molecular flexibility index (Phi) is 2.75. The lowest BCUT2D eigenvalue weighted by Crippen LogP contribution is -1.85. The molecule has 20 heavy (non-hydrogen) atoms. The Morgan fingerprint density at radius 3 is 2.65 bits per heavy atom. The number of hydrogen-bond donors (Lipinski definition) is 1. The molecule has 1 aliphatic carbocycles. The average molecular weight is 301 g/mol. The highest BCUT2D eigenvalue weighted by Gasteiger charge is 2.31. The van der Waals surface area contributed by atoms with Crippen molar-refractivity contribution in [3.63, 3.8) is 0 Å². The molecule has 0 spiro atoms. The topological polar surface area (TPSA) is 77.6 Å². The maximum atomic E-state index is 5.69. The van der Waals surface area contributed by atoms with Crippen LogP contribution in [0.4, 0.5) is 5.13 Å². The number of anilines is 1. The van der Waals surface area contributed by atoms with Gasteiger partial charge in [-0.2, -0.15) is 0 Å². The smallest absolute Gasteiger partial charge is 0.203 e. The third-order valence-corrected chi connectivity index (χ3v) is 5.14. The van der Waals surface area contributed by atoms with E-state index in [1.807, 2.05) is 18.2 Å². The van der Waals surface area contributed by atoms with Crippen LogP contribution in [-0.2, 0) is 0 Å². The predicted octanol–water partition coefficient (Wildman–Crippen LogP) is 3.18. The van der Waals surface area contributed by atoms with Crippen LogP contribution in [0.5, 0.6) is 0 Å². The molecule has 0 bridgehead atoms. The Bertz CT molecular complexity index is 745. The van der Waals surface area contributed by atoms with Crippen LogP contribution in [0.25, 0.3) is 20.6 Å². The number of hydrogen-bond acceptors (Lipinski definition) is 7. The van der Waals surface area contributed by atoms with Crippen LogP contribution in [0.2, 0.25) is 0 Å². The Labute approximate surface area is 123 Å². The van der Waals surface area contributed by atoms with E-state index in [2.05, 4.69) is 15.2 Å². The fourth-order valence-corrected chi connectivity index (χ4v) is 3.86. The minimum atomic E-state index is 0.495. The zero-order chi connectivity index (χ0) is 13.5. The summed E-state index contributed by atoms with van der Waals surface area (Å²) >= 11 is 3.04. The molecule has 0 aliphatic heterocycles. The summed E-state index contributed by atoms with van der Waals surface area (Å²) in [6.45, 7) is 0. The zero-order valence-corrected chi connectivity index (χ0v) is 12.1. The van der Waals surface area contributed by atoms with Crippen LogP contribution >= 0.6 is 22.7 Å². The van der Waals surface area contributed by atoms with E-state index < -0.39 is 0 Å². The van der Waals surface area contributed by atoms with E-state index in [0.29, 0.717) is 11.0 Å². The van der Waals surface area contributed by atoms with Crippen LogP contribution in [0.1, 0.15) is 24.5 Å². The Balaban J connectivity index is 1.83. The molecule has 1 aliphatic rings. The lowest BCUT2D eigenvalue weighted by molar-refractivity contribution is 1.04. The van der Waals surface area contributed by atoms with Crippen molar-refractivity contribution in [3.8, 4) is 20.6 Å². The third kappa shape index (κ3) is 2.08. The van der Waals surface area contributed by atoms with Gasteiger partial charge < -0.3 is 5.73 Å². The maximum Gasteiger partial charge on any atom is 0.203 e. The monoisotopic (exact) mass is 301 g/mol. The van der Waals surface area contributed by atoms with Crippen molar-refractivity contribution in [3.05, 3.63) is 30.1 Å². The molecular weight excluding hydrogens is 290 g/mol. The molecule has 100 valence electrons. The average Bonchev–Trinajstić information content (AvgIpc) is 3.08. The molecule has 1 fully saturated rings. The SMILES string of the molecule is Nc1nnc(-c2sc(-c3ccccn3)nc2C2CC2)s1. The molecule has 5 nitrogen and oxygen atoms in total. The number of nitrogens with two attached hydrogens (primary N) is 1. The lowest BCUT2D eigenvalue weighted by Gasteiger charge is -1.93. The second-order valence-corrected chi connectivity index (χ2v) is 6.68. The highest BCUT2D eigenvalue weighted by atomic mass is 32.1. The summed E-state index contributed by atoms with van der Waals surface area (Å²) in [6, 6.07) is 5.86. The molecule has 0 aromatic carbocycles. The van der Waals surface area contributed by atoms with Gasteiger partial charge in [-0.1, -0.05) is 17.4 Å². The number of nitrogen functional groups attached to an aromatic ring is 1. The van der Waals surface area contributed by atoms with Gasteiger partial charge in [0.25, 0.3) is 0 Å². The minimum Gasteiger partial charge on any atom is -0.374 e. The maximum absolute atomic E-state index is 5.69. The normalized spacial score (nSPS) is 14.6. The first-order chi connectivity index (χ1) is 9.81. The van der Waals surface area contributed by atoms with Gasteiger partial charge in [0.2, 0.25) is 5.13 Å². The van der Waals surface area contributed by atoms with Crippen LogP contribution in [0.15, 0.2) is 24.4 Å². The molecule has 0 unspecified atom stereocenters. The van der Waals surface area contributed by atoms with Crippen molar-refractivity contribution in [1.82, 2.24) is 20.2 Å². The highest BCUT2D eigenvalue weighted by Crippen LogP contribution is 2.48. The lowest BCUT2D eigenvalue weighted by atomic mass is 10.2. The Morgan fingerprint density at radius 2 is 2.00 bits per heavy atom. The number of nitrogens with zero attached hydrogens (tertiary/aromatic N) is 4. The van der Waals surface area contributed by atoms with E-state index >= 15 is 0 Å². The molecular formula is C13H11N5S2. The first-order valence-electron chi connectivity index (χ1n) is 6.33. The van der Waals surface area contributed by atoms with Crippen LogP contribution < -0.4 is 5.73 Å². The molecule has 1 saturated carbocycles. The van der Waals surface area contributed by atoms with Gasteiger partial charge in [0.1, 0.15) is 5.01 Å². The van der Waals surface area contributed by atoms with Gasteiger partial charge in [-0.05, 0) is 25.0 Å². The quantitative estimate of drug-likeness (QED) is 0.804. The van der Waals surface area contributed by atoms with Gasteiger partial charge in [-0.15, -0.1) is 21.5 Å². The van der Waals surface area contributed by atoms with E-state index in [0.717, 1.165) is 26.3 Å². The van der Waals surface area contributed by atoms with Crippen LogP contribution in [-0.4, -0.2) is 20.2 Å². The standard InChI is InChI=1S/C13H11N5S2/c14-13-18-17-12(20-13)10-9(7-4-5-7)16-11(19-10)8-3-1-2-6-15-8/h1-3,6-7H,4-5H2,(H2,14,18). The van der Waals surface area contributed by atoms with Crippen LogP contribution in [0, 0.1) is 0 Å². The van der Waals surface area contributed by atoms with Crippen molar-refractivity contribution >= 4 is 27.8 Å². The summed E-state index contributed by atoms with van der Waals surface area (Å²) in [7, 11) is 0. The van der Waals surface area contributed by atoms with Crippen molar-refractivity contribution in [2.24, 2.45) is 0 Å². The fourth-order valence-electron chi connectivity index (χ4n) is 2.04. The minimum absolute atomic E-state index is 0.495. The molecule has 2 N–H and O–H groups in total. The number of rotatable bonds is 3. The molecule has 3 aromatic heterocycles. The van der Waals surface area contributed by atoms with Crippen molar-refractivity contribution in [2.75, 3.05) is 5.73 Å². The summed E-state index contributed by atoms with van der Waals surface area (Å²) in [5, 5.41) is 10.4.